The number of anilines is 1. The second-order valence-electron chi connectivity index (χ2n) is 6.30. The van der Waals surface area contributed by atoms with Gasteiger partial charge in [0.1, 0.15) is 5.82 Å². The largest absolute Gasteiger partial charge is 0.493 e. The van der Waals surface area contributed by atoms with Crippen LogP contribution in [0.1, 0.15) is 30.5 Å². The minimum absolute atomic E-state index is 0.280. The molecule has 28 heavy (non-hydrogen) atoms. The zero-order chi connectivity index (χ0) is 20.4. The maximum absolute atomic E-state index is 14.8. The number of fused-ring (bicyclic) bond motifs is 1. The summed E-state index contributed by atoms with van der Waals surface area (Å²) in [6.45, 7) is 2.36. The number of urea groups is 1. The molecule has 0 fully saturated rings. The fourth-order valence-corrected chi connectivity index (χ4v) is 3.71. The Morgan fingerprint density at radius 3 is 2.46 bits per heavy atom. The van der Waals surface area contributed by atoms with E-state index < -0.39 is 11.9 Å². The molecule has 0 saturated carbocycles. The van der Waals surface area contributed by atoms with E-state index in [1.54, 1.807) is 11.0 Å². The van der Waals surface area contributed by atoms with Gasteiger partial charge in [0.2, 0.25) is 5.75 Å². The molecular weight excluding hydrogens is 387 g/mol. The summed E-state index contributed by atoms with van der Waals surface area (Å²) in [5.41, 5.74) is 1.33. The van der Waals surface area contributed by atoms with E-state index in [2.05, 4.69) is 5.32 Å². The summed E-state index contributed by atoms with van der Waals surface area (Å²) in [6.07, 6.45) is 0.692. The number of halogens is 2. The number of nitrogens with one attached hydrogen (secondary N) is 1. The highest BCUT2D eigenvalue weighted by Crippen LogP contribution is 2.51. The van der Waals surface area contributed by atoms with Gasteiger partial charge in [0, 0.05) is 28.8 Å². The Kier molecular flexibility index (Phi) is 5.84. The average molecular weight is 409 g/mol. The Bertz CT molecular complexity index is 906. The molecular formula is C20H22ClFN2O4. The molecule has 0 aliphatic carbocycles. The molecule has 1 atom stereocenters. The Morgan fingerprint density at radius 1 is 1.14 bits per heavy atom. The van der Waals surface area contributed by atoms with Crippen LogP contribution in [0.25, 0.3) is 0 Å². The van der Waals surface area contributed by atoms with Gasteiger partial charge >= 0.3 is 6.03 Å². The molecule has 0 bridgehead atoms. The highest BCUT2D eigenvalue weighted by Gasteiger charge is 2.39. The van der Waals surface area contributed by atoms with Gasteiger partial charge in [0.05, 0.1) is 33.1 Å². The molecule has 1 unspecified atom stereocenters. The maximum Gasteiger partial charge on any atom is 0.322 e. The van der Waals surface area contributed by atoms with E-state index >= 15 is 0 Å². The summed E-state index contributed by atoms with van der Waals surface area (Å²) in [5, 5.41) is 3.22. The Hall–Kier alpha value is -2.67. The van der Waals surface area contributed by atoms with E-state index in [0.717, 1.165) is 0 Å². The van der Waals surface area contributed by atoms with Crippen molar-refractivity contribution in [2.24, 2.45) is 0 Å². The van der Waals surface area contributed by atoms with Gasteiger partial charge in [-0.3, -0.25) is 0 Å². The highest BCUT2D eigenvalue weighted by molar-refractivity contribution is 6.30. The Morgan fingerprint density at radius 2 is 1.86 bits per heavy atom. The summed E-state index contributed by atoms with van der Waals surface area (Å²) in [4.78, 5) is 14.4. The summed E-state index contributed by atoms with van der Waals surface area (Å²) in [7, 11) is 4.47. The summed E-state index contributed by atoms with van der Waals surface area (Å²) >= 11 is 6.14. The normalized spacial score (nSPS) is 15.7. The van der Waals surface area contributed by atoms with Crippen molar-refractivity contribution in [3.05, 3.63) is 46.2 Å². The van der Waals surface area contributed by atoms with E-state index in [0.29, 0.717) is 46.5 Å². The van der Waals surface area contributed by atoms with Gasteiger partial charge in [-0.2, -0.15) is 0 Å². The molecule has 6 nitrogen and oxygen atoms in total. The quantitative estimate of drug-likeness (QED) is 0.742. The first-order valence-corrected chi connectivity index (χ1v) is 9.20. The van der Waals surface area contributed by atoms with Crippen LogP contribution in [-0.4, -0.2) is 38.8 Å². The van der Waals surface area contributed by atoms with E-state index in [9.17, 15) is 9.18 Å². The second-order valence-corrected chi connectivity index (χ2v) is 6.73. The lowest BCUT2D eigenvalue weighted by atomic mass is 9.91. The van der Waals surface area contributed by atoms with E-state index in [-0.39, 0.29) is 11.6 Å². The van der Waals surface area contributed by atoms with Crippen LogP contribution in [0.2, 0.25) is 5.02 Å². The molecule has 8 heteroatoms. The number of hydrogen-bond acceptors (Lipinski definition) is 4. The number of amides is 2. The second kappa shape index (κ2) is 8.14. The fourth-order valence-electron chi connectivity index (χ4n) is 3.53. The molecule has 1 heterocycles. The highest BCUT2D eigenvalue weighted by atomic mass is 35.5. The first-order chi connectivity index (χ1) is 13.5. The first-order valence-electron chi connectivity index (χ1n) is 8.82. The molecule has 1 aliphatic heterocycles. The van der Waals surface area contributed by atoms with Crippen molar-refractivity contribution in [2.75, 3.05) is 33.2 Å². The molecule has 2 amide bonds. The van der Waals surface area contributed by atoms with Crippen LogP contribution in [0, 0.1) is 5.82 Å². The predicted molar refractivity (Wildman–Crippen MR) is 105 cm³/mol. The van der Waals surface area contributed by atoms with Crippen molar-refractivity contribution < 1.29 is 23.4 Å². The number of ether oxygens (including phenoxy) is 3. The Labute approximate surface area is 168 Å². The lowest BCUT2D eigenvalue weighted by Crippen LogP contribution is -2.43. The number of nitrogens with zero attached hydrogens (tertiary/aromatic N) is 1. The van der Waals surface area contributed by atoms with Crippen LogP contribution >= 0.6 is 11.6 Å². The first kappa shape index (κ1) is 20.1. The lowest BCUT2D eigenvalue weighted by molar-refractivity contribution is 0.192. The van der Waals surface area contributed by atoms with Gasteiger partial charge in [-0.25, -0.2) is 9.18 Å². The van der Waals surface area contributed by atoms with E-state index in [1.807, 2.05) is 6.92 Å². The predicted octanol–water partition coefficient (Wildman–Crippen LogP) is 4.85. The number of methoxy groups -OCH3 is 3. The van der Waals surface area contributed by atoms with Gasteiger partial charge < -0.3 is 24.4 Å². The average Bonchev–Trinajstić information content (AvgIpc) is 2.69. The zero-order valence-electron chi connectivity index (χ0n) is 16.1. The molecule has 0 radical (unpaired) electrons. The molecule has 150 valence electrons. The number of hydrogen-bond donors (Lipinski definition) is 1. The third kappa shape index (κ3) is 3.30. The van der Waals surface area contributed by atoms with Gasteiger partial charge in [-0.1, -0.05) is 18.5 Å². The van der Waals surface area contributed by atoms with Gasteiger partial charge in [0.25, 0.3) is 0 Å². The van der Waals surface area contributed by atoms with Crippen LogP contribution in [0.5, 0.6) is 17.2 Å². The molecule has 1 aliphatic rings. The zero-order valence-corrected chi connectivity index (χ0v) is 16.9. The molecule has 0 spiro atoms. The third-order valence-corrected chi connectivity index (χ3v) is 4.91. The summed E-state index contributed by atoms with van der Waals surface area (Å²) in [6, 6.07) is 4.86. The van der Waals surface area contributed by atoms with Crippen molar-refractivity contribution in [1.82, 2.24) is 4.90 Å². The topological polar surface area (TPSA) is 60.0 Å². The number of rotatable bonds is 6. The minimum Gasteiger partial charge on any atom is -0.493 e. The molecule has 3 rings (SSSR count). The number of carbonyl (C=O) groups is 1. The van der Waals surface area contributed by atoms with Crippen LogP contribution < -0.4 is 19.5 Å². The molecule has 2 aromatic rings. The van der Waals surface area contributed by atoms with E-state index in [4.69, 9.17) is 25.8 Å². The van der Waals surface area contributed by atoms with Crippen LogP contribution in [0.4, 0.5) is 14.9 Å². The maximum atomic E-state index is 14.8. The van der Waals surface area contributed by atoms with Gasteiger partial charge in [-0.15, -0.1) is 0 Å². The number of carbonyl (C=O) groups excluding carboxylic acids is 1. The minimum atomic E-state index is -0.739. The van der Waals surface area contributed by atoms with Crippen molar-refractivity contribution in [3.8, 4) is 17.2 Å². The van der Waals surface area contributed by atoms with Crippen molar-refractivity contribution >= 4 is 23.3 Å². The smallest absolute Gasteiger partial charge is 0.322 e. The van der Waals surface area contributed by atoms with Crippen molar-refractivity contribution in [1.29, 1.82) is 0 Å². The summed E-state index contributed by atoms with van der Waals surface area (Å²) < 4.78 is 31.3. The molecule has 0 saturated heterocycles. The van der Waals surface area contributed by atoms with Gasteiger partial charge in [0.15, 0.2) is 11.5 Å². The van der Waals surface area contributed by atoms with Crippen LogP contribution in [-0.2, 0) is 0 Å². The standard InChI is InChI=1S/C20H22ClFN2O4/c1-5-8-24-17(12-9-11(21)6-7-13(12)22)16-14(23-20(24)25)10-15(26-2)18(27-3)19(16)28-4/h6-7,9-10,17H,5,8H2,1-4H3,(H,23,25). The Balaban J connectivity index is 2.35. The molecule has 2 aromatic carbocycles. The monoisotopic (exact) mass is 408 g/mol. The van der Waals surface area contributed by atoms with Crippen molar-refractivity contribution in [2.45, 2.75) is 19.4 Å². The summed E-state index contributed by atoms with van der Waals surface area (Å²) in [5.74, 6) is 0.659. The lowest BCUT2D eigenvalue weighted by Gasteiger charge is -2.39. The third-order valence-electron chi connectivity index (χ3n) is 4.67. The fraction of sp³-hybridized carbons (Fsp3) is 0.350. The molecule has 1 N–H and O–H groups in total. The van der Waals surface area contributed by atoms with Gasteiger partial charge in [-0.05, 0) is 24.6 Å². The van der Waals surface area contributed by atoms with Crippen molar-refractivity contribution in [3.63, 3.8) is 0 Å². The number of benzene rings is 2. The van der Waals surface area contributed by atoms with Crippen LogP contribution in [0.15, 0.2) is 24.3 Å². The SMILES string of the molecule is CCCN1C(=O)Nc2cc(OC)c(OC)c(OC)c2C1c1cc(Cl)ccc1F. The molecule has 0 aromatic heterocycles. The van der Waals surface area contributed by atoms with E-state index in [1.165, 1.54) is 39.5 Å². The van der Waals surface area contributed by atoms with Crippen LogP contribution in [0.3, 0.4) is 0 Å².